The molecule has 96 valence electrons. The maximum Gasteiger partial charge on any atom is 0.159 e. The van der Waals surface area contributed by atoms with E-state index >= 15 is 0 Å². The highest BCUT2D eigenvalue weighted by molar-refractivity contribution is 5.96. The first kappa shape index (κ1) is 12.9. The molecule has 0 radical (unpaired) electrons. The number of hydrogen-bond donors (Lipinski definition) is 1. The van der Waals surface area contributed by atoms with Crippen LogP contribution in [-0.4, -0.2) is 5.78 Å². The van der Waals surface area contributed by atoms with Crippen molar-refractivity contribution in [2.75, 3.05) is 5.32 Å². The average molecular weight is 253 g/mol. The Labute approximate surface area is 112 Å². The van der Waals surface area contributed by atoms with Crippen LogP contribution < -0.4 is 10.1 Å². The summed E-state index contributed by atoms with van der Waals surface area (Å²) in [6, 6.07) is 13.1. The van der Waals surface area contributed by atoms with Crippen LogP contribution in [0, 0.1) is 0 Å². The van der Waals surface area contributed by atoms with Gasteiger partial charge in [0.1, 0.15) is 0 Å². The summed E-state index contributed by atoms with van der Waals surface area (Å²) in [6.45, 7) is 7.55. The number of fused-ring (bicyclic) bond motifs is 2. The third-order valence-corrected chi connectivity index (χ3v) is 2.76. The second kappa shape index (κ2) is 5.40. The number of hydrogen-bond acceptors (Lipinski definition) is 3. The zero-order valence-corrected chi connectivity index (χ0v) is 10.8. The number of ketones is 1. The molecule has 0 atom stereocenters. The van der Waals surface area contributed by atoms with Crippen molar-refractivity contribution >= 4 is 17.2 Å². The highest BCUT2D eigenvalue weighted by Crippen LogP contribution is 2.41. The van der Waals surface area contributed by atoms with Gasteiger partial charge in [0, 0.05) is 5.56 Å². The van der Waals surface area contributed by atoms with Crippen molar-refractivity contribution in [3.63, 3.8) is 0 Å². The van der Waals surface area contributed by atoms with Crippen LogP contribution in [0.3, 0.4) is 0 Å². The zero-order chi connectivity index (χ0) is 13.8. The predicted molar refractivity (Wildman–Crippen MR) is 77.5 cm³/mol. The summed E-state index contributed by atoms with van der Waals surface area (Å²) in [5.74, 6) is 1.60. The second-order valence-corrected chi connectivity index (χ2v) is 3.99. The van der Waals surface area contributed by atoms with E-state index in [9.17, 15) is 4.79 Å². The van der Waals surface area contributed by atoms with Gasteiger partial charge in [-0.3, -0.25) is 4.79 Å². The largest absolute Gasteiger partial charge is 0.453 e. The van der Waals surface area contributed by atoms with Gasteiger partial charge in [0.15, 0.2) is 17.3 Å². The minimum atomic E-state index is 0.0495. The summed E-state index contributed by atoms with van der Waals surface area (Å²) < 4.78 is 5.74. The normalized spacial score (nSPS) is 10.8. The smallest absolute Gasteiger partial charge is 0.159 e. The fraction of sp³-hybridized carbons (Fsp3) is 0.0625. The van der Waals surface area contributed by atoms with E-state index in [1.54, 1.807) is 13.0 Å². The lowest BCUT2D eigenvalue weighted by Gasteiger charge is -2.21. The first-order chi connectivity index (χ1) is 9.24. The molecule has 1 aliphatic rings. The topological polar surface area (TPSA) is 38.3 Å². The number of anilines is 2. The Hall–Kier alpha value is -2.55. The van der Waals surface area contributed by atoms with Gasteiger partial charge in [-0.2, -0.15) is 0 Å². The van der Waals surface area contributed by atoms with E-state index in [-0.39, 0.29) is 5.78 Å². The summed E-state index contributed by atoms with van der Waals surface area (Å²) in [5, 5.41) is 3.26. The summed E-state index contributed by atoms with van der Waals surface area (Å²) in [7, 11) is 0. The Morgan fingerprint density at radius 3 is 2.47 bits per heavy atom. The Morgan fingerprint density at radius 1 is 1.05 bits per heavy atom. The SMILES string of the molecule is C=C.CC(=O)c1ccc2c(c1)Nc1ccccc1O2. The van der Waals surface area contributed by atoms with Crippen molar-refractivity contribution in [1.82, 2.24) is 0 Å². The van der Waals surface area contributed by atoms with E-state index in [1.807, 2.05) is 36.4 Å². The maximum absolute atomic E-state index is 11.3. The van der Waals surface area contributed by atoms with Crippen molar-refractivity contribution in [2.24, 2.45) is 0 Å². The van der Waals surface area contributed by atoms with Gasteiger partial charge in [0.25, 0.3) is 0 Å². The molecular weight excluding hydrogens is 238 g/mol. The van der Waals surface area contributed by atoms with E-state index in [0.29, 0.717) is 5.56 Å². The van der Waals surface area contributed by atoms with E-state index in [4.69, 9.17) is 4.74 Å². The lowest BCUT2D eigenvalue weighted by Crippen LogP contribution is -2.04. The molecule has 1 aliphatic heterocycles. The van der Waals surface area contributed by atoms with Crippen molar-refractivity contribution in [3.8, 4) is 11.5 Å². The van der Waals surface area contributed by atoms with Gasteiger partial charge in [0.05, 0.1) is 11.4 Å². The minimum Gasteiger partial charge on any atom is -0.453 e. The van der Waals surface area contributed by atoms with E-state index < -0.39 is 0 Å². The predicted octanol–water partition coefficient (Wildman–Crippen LogP) is 4.54. The van der Waals surface area contributed by atoms with Crippen LogP contribution >= 0.6 is 0 Å². The van der Waals surface area contributed by atoms with Gasteiger partial charge in [-0.05, 0) is 37.3 Å². The molecule has 3 nitrogen and oxygen atoms in total. The van der Waals surface area contributed by atoms with E-state index in [1.165, 1.54) is 0 Å². The summed E-state index contributed by atoms with van der Waals surface area (Å²) in [5.41, 5.74) is 2.43. The number of ether oxygens (including phenoxy) is 1. The van der Waals surface area contributed by atoms with E-state index in [2.05, 4.69) is 18.5 Å². The molecular formula is C16H15NO2. The average Bonchev–Trinajstić information content (AvgIpc) is 2.46. The van der Waals surface area contributed by atoms with Gasteiger partial charge in [-0.15, -0.1) is 13.2 Å². The van der Waals surface area contributed by atoms with Crippen LogP contribution in [0.4, 0.5) is 11.4 Å². The summed E-state index contributed by atoms with van der Waals surface area (Å²) in [6.07, 6.45) is 0. The molecule has 19 heavy (non-hydrogen) atoms. The first-order valence-corrected chi connectivity index (χ1v) is 5.93. The van der Waals surface area contributed by atoms with E-state index in [0.717, 1.165) is 22.9 Å². The first-order valence-electron chi connectivity index (χ1n) is 5.93. The highest BCUT2D eigenvalue weighted by atomic mass is 16.5. The molecule has 0 spiro atoms. The van der Waals surface area contributed by atoms with Gasteiger partial charge in [0.2, 0.25) is 0 Å². The van der Waals surface area contributed by atoms with Crippen molar-refractivity contribution in [3.05, 3.63) is 61.2 Å². The fourth-order valence-electron chi connectivity index (χ4n) is 1.86. The van der Waals surface area contributed by atoms with Crippen LogP contribution in [0.15, 0.2) is 55.6 Å². The van der Waals surface area contributed by atoms with Crippen LogP contribution in [0.5, 0.6) is 11.5 Å². The fourth-order valence-corrected chi connectivity index (χ4v) is 1.86. The monoisotopic (exact) mass is 253 g/mol. The Morgan fingerprint density at radius 2 is 1.74 bits per heavy atom. The molecule has 0 aromatic heterocycles. The molecule has 0 bridgehead atoms. The van der Waals surface area contributed by atoms with Crippen LogP contribution in [0.2, 0.25) is 0 Å². The van der Waals surface area contributed by atoms with Crippen LogP contribution in [0.1, 0.15) is 17.3 Å². The Balaban J connectivity index is 0.000000637. The molecule has 3 rings (SSSR count). The Kier molecular flexibility index (Phi) is 3.66. The molecule has 0 unspecified atom stereocenters. The number of Topliss-reactive ketones (excluding diaryl/α,β-unsaturated/α-hetero) is 1. The van der Waals surface area contributed by atoms with Crippen molar-refractivity contribution in [2.45, 2.75) is 6.92 Å². The summed E-state index contributed by atoms with van der Waals surface area (Å²) >= 11 is 0. The lowest BCUT2D eigenvalue weighted by molar-refractivity contribution is 0.101. The molecule has 2 aromatic rings. The van der Waals surface area contributed by atoms with Gasteiger partial charge < -0.3 is 10.1 Å². The lowest BCUT2D eigenvalue weighted by atomic mass is 10.1. The number of carbonyl (C=O) groups is 1. The molecule has 2 aromatic carbocycles. The van der Waals surface area contributed by atoms with Crippen molar-refractivity contribution in [1.29, 1.82) is 0 Å². The maximum atomic E-state index is 11.3. The minimum absolute atomic E-state index is 0.0495. The number of benzene rings is 2. The molecule has 1 heterocycles. The number of nitrogens with one attached hydrogen (secondary N) is 1. The molecule has 0 amide bonds. The van der Waals surface area contributed by atoms with Crippen molar-refractivity contribution < 1.29 is 9.53 Å². The third kappa shape index (κ3) is 2.50. The van der Waals surface area contributed by atoms with Crippen LogP contribution in [0.25, 0.3) is 0 Å². The molecule has 0 fully saturated rings. The van der Waals surface area contributed by atoms with Gasteiger partial charge in [-0.1, -0.05) is 12.1 Å². The van der Waals surface area contributed by atoms with Gasteiger partial charge >= 0.3 is 0 Å². The number of para-hydroxylation sites is 2. The van der Waals surface area contributed by atoms with Crippen LogP contribution in [-0.2, 0) is 0 Å². The molecule has 0 aliphatic carbocycles. The second-order valence-electron chi connectivity index (χ2n) is 3.99. The highest BCUT2D eigenvalue weighted by Gasteiger charge is 2.16. The summed E-state index contributed by atoms with van der Waals surface area (Å²) in [4.78, 5) is 11.3. The number of carbonyl (C=O) groups excluding carboxylic acids is 1. The molecule has 3 heteroatoms. The molecule has 0 saturated carbocycles. The Bertz CT molecular complexity index is 620. The zero-order valence-electron chi connectivity index (χ0n) is 10.8. The third-order valence-electron chi connectivity index (χ3n) is 2.76. The molecule has 0 saturated heterocycles. The van der Waals surface area contributed by atoms with Gasteiger partial charge in [-0.25, -0.2) is 0 Å². The molecule has 1 N–H and O–H groups in total. The number of rotatable bonds is 1. The quantitative estimate of drug-likeness (QED) is 0.511. The standard InChI is InChI=1S/C14H11NO2.C2H4/c1-9(16)10-6-7-14-12(8-10)15-11-4-2-3-5-13(11)17-14;1-2/h2-8,15H,1H3;1-2H2.